The van der Waals surface area contributed by atoms with E-state index in [9.17, 15) is 9.90 Å². The molecule has 1 heterocycles. The van der Waals surface area contributed by atoms with Crippen LogP contribution >= 0.6 is 11.6 Å². The number of carbonyl (C=O) groups excluding carboxylic acids is 1. The molecule has 4 rings (SSSR count). The molecule has 4 nitrogen and oxygen atoms in total. The molecule has 0 saturated carbocycles. The Hall–Kier alpha value is -2.20. The van der Waals surface area contributed by atoms with E-state index >= 15 is 0 Å². The number of aromatic hydroxyl groups is 1. The number of hydrogen-bond donors (Lipinski definition) is 2. The van der Waals surface area contributed by atoms with Crippen molar-refractivity contribution in [2.75, 3.05) is 18.0 Å². The third-order valence-corrected chi connectivity index (χ3v) is 6.03. The second-order valence-corrected chi connectivity index (χ2v) is 8.01. The standard InChI is InChI=1S/C22H25ClN2O2/c23-17-4-2-5-18(13-17)25-11-9-16(10-12-25)22(27)24-21-6-1-3-15-7-8-19(26)14-20(15)21/h2,4-5,7-8,13-14,16,21,26H,1,3,6,9-12H2,(H,24,27). The van der Waals surface area contributed by atoms with Gasteiger partial charge in [-0.2, -0.15) is 0 Å². The molecular formula is C22H25ClN2O2. The summed E-state index contributed by atoms with van der Waals surface area (Å²) in [6.07, 6.45) is 4.70. The number of anilines is 1. The number of phenols is 1. The Morgan fingerprint density at radius 3 is 2.70 bits per heavy atom. The number of hydrogen-bond acceptors (Lipinski definition) is 3. The maximum atomic E-state index is 12.8. The Labute approximate surface area is 165 Å². The second kappa shape index (κ2) is 7.81. The van der Waals surface area contributed by atoms with Gasteiger partial charge in [0, 0.05) is 29.7 Å². The molecule has 1 aliphatic carbocycles. The number of phenolic OH excluding ortho intramolecular Hbond substituents is 1. The predicted molar refractivity (Wildman–Crippen MR) is 108 cm³/mol. The van der Waals surface area contributed by atoms with E-state index in [-0.39, 0.29) is 23.6 Å². The van der Waals surface area contributed by atoms with Crippen LogP contribution in [0.1, 0.15) is 42.9 Å². The van der Waals surface area contributed by atoms with E-state index in [1.54, 1.807) is 12.1 Å². The maximum Gasteiger partial charge on any atom is 0.223 e. The average Bonchev–Trinajstić information content (AvgIpc) is 2.68. The molecule has 2 aliphatic rings. The summed E-state index contributed by atoms with van der Waals surface area (Å²) in [6.45, 7) is 1.72. The SMILES string of the molecule is O=C(NC1CCCc2ccc(O)cc21)C1CCN(c2cccc(Cl)c2)CC1. The summed E-state index contributed by atoms with van der Waals surface area (Å²) in [5.74, 6) is 0.454. The lowest BCUT2D eigenvalue weighted by molar-refractivity contribution is -0.126. The van der Waals surface area contributed by atoms with Gasteiger partial charge in [0.05, 0.1) is 6.04 Å². The topological polar surface area (TPSA) is 52.6 Å². The van der Waals surface area contributed by atoms with Crippen molar-refractivity contribution in [1.29, 1.82) is 0 Å². The maximum absolute atomic E-state index is 12.8. The number of halogens is 1. The first-order valence-corrected chi connectivity index (χ1v) is 10.1. The van der Waals surface area contributed by atoms with Crippen molar-refractivity contribution in [3.05, 3.63) is 58.6 Å². The molecule has 2 N–H and O–H groups in total. The average molecular weight is 385 g/mol. The summed E-state index contributed by atoms with van der Waals surface area (Å²) in [6, 6.07) is 13.4. The number of carbonyl (C=O) groups is 1. The highest BCUT2D eigenvalue weighted by Crippen LogP contribution is 2.33. The number of fused-ring (bicyclic) bond motifs is 1. The molecule has 1 amide bonds. The third-order valence-electron chi connectivity index (χ3n) is 5.80. The largest absolute Gasteiger partial charge is 0.508 e. The number of benzene rings is 2. The smallest absolute Gasteiger partial charge is 0.223 e. The minimum absolute atomic E-state index is 0.0132. The van der Waals surface area contributed by atoms with Crippen molar-refractivity contribution >= 4 is 23.2 Å². The summed E-state index contributed by atoms with van der Waals surface area (Å²) in [5, 5.41) is 13.8. The summed E-state index contributed by atoms with van der Waals surface area (Å²) in [7, 11) is 0. The molecule has 0 aromatic heterocycles. The van der Waals surface area contributed by atoms with Crippen molar-refractivity contribution in [3.63, 3.8) is 0 Å². The van der Waals surface area contributed by atoms with Gasteiger partial charge in [-0.05, 0) is 73.6 Å². The molecule has 5 heteroatoms. The first-order chi connectivity index (χ1) is 13.1. The first kappa shape index (κ1) is 18.2. The number of nitrogens with zero attached hydrogens (tertiary/aromatic N) is 1. The Balaban J connectivity index is 1.37. The molecule has 142 valence electrons. The van der Waals surface area contributed by atoms with E-state index in [1.807, 2.05) is 24.3 Å². The van der Waals surface area contributed by atoms with Gasteiger partial charge in [-0.1, -0.05) is 23.7 Å². The van der Waals surface area contributed by atoms with Crippen LogP contribution in [0.3, 0.4) is 0 Å². The number of piperidine rings is 1. The molecule has 0 bridgehead atoms. The van der Waals surface area contributed by atoms with Crippen LogP contribution in [0, 0.1) is 5.92 Å². The molecule has 1 saturated heterocycles. The van der Waals surface area contributed by atoms with E-state index in [0.717, 1.165) is 61.5 Å². The van der Waals surface area contributed by atoms with E-state index < -0.39 is 0 Å². The zero-order valence-electron chi connectivity index (χ0n) is 15.3. The van der Waals surface area contributed by atoms with E-state index in [2.05, 4.69) is 16.3 Å². The highest BCUT2D eigenvalue weighted by atomic mass is 35.5. The lowest BCUT2D eigenvalue weighted by atomic mass is 9.86. The second-order valence-electron chi connectivity index (χ2n) is 7.58. The molecule has 1 aliphatic heterocycles. The molecule has 1 fully saturated rings. The van der Waals surface area contributed by atoms with Gasteiger partial charge in [-0.15, -0.1) is 0 Å². The highest BCUT2D eigenvalue weighted by Gasteiger charge is 2.29. The van der Waals surface area contributed by atoms with Crippen LogP contribution in [0.25, 0.3) is 0 Å². The molecule has 1 atom stereocenters. The zero-order chi connectivity index (χ0) is 18.8. The quantitative estimate of drug-likeness (QED) is 0.821. The summed E-state index contributed by atoms with van der Waals surface area (Å²) in [5.41, 5.74) is 3.43. The van der Waals surface area contributed by atoms with Crippen LogP contribution in [0.5, 0.6) is 5.75 Å². The van der Waals surface area contributed by atoms with E-state index in [4.69, 9.17) is 11.6 Å². The molecule has 27 heavy (non-hydrogen) atoms. The van der Waals surface area contributed by atoms with Crippen LogP contribution in [-0.4, -0.2) is 24.1 Å². The lowest BCUT2D eigenvalue weighted by Gasteiger charge is -2.34. The van der Waals surface area contributed by atoms with Gasteiger partial charge in [0.25, 0.3) is 0 Å². The van der Waals surface area contributed by atoms with Crippen LogP contribution in [0.2, 0.25) is 5.02 Å². The number of aryl methyl sites for hydroxylation is 1. The zero-order valence-corrected chi connectivity index (χ0v) is 16.1. The van der Waals surface area contributed by atoms with Crippen LogP contribution in [-0.2, 0) is 11.2 Å². The van der Waals surface area contributed by atoms with Gasteiger partial charge in [0.2, 0.25) is 5.91 Å². The van der Waals surface area contributed by atoms with Gasteiger partial charge in [0.1, 0.15) is 5.75 Å². The van der Waals surface area contributed by atoms with Crippen molar-refractivity contribution in [2.24, 2.45) is 5.92 Å². The Morgan fingerprint density at radius 1 is 1.11 bits per heavy atom. The van der Waals surface area contributed by atoms with Gasteiger partial charge in [-0.3, -0.25) is 4.79 Å². The monoisotopic (exact) mass is 384 g/mol. The molecular weight excluding hydrogens is 360 g/mol. The van der Waals surface area contributed by atoms with Crippen molar-refractivity contribution in [2.45, 2.75) is 38.1 Å². The fourth-order valence-electron chi connectivity index (χ4n) is 4.30. The van der Waals surface area contributed by atoms with Crippen LogP contribution < -0.4 is 10.2 Å². The van der Waals surface area contributed by atoms with Gasteiger partial charge >= 0.3 is 0 Å². The van der Waals surface area contributed by atoms with E-state index in [1.165, 1.54) is 5.56 Å². The Morgan fingerprint density at radius 2 is 1.93 bits per heavy atom. The number of amides is 1. The van der Waals surface area contributed by atoms with Crippen molar-refractivity contribution in [3.8, 4) is 5.75 Å². The summed E-state index contributed by atoms with van der Waals surface area (Å²) < 4.78 is 0. The summed E-state index contributed by atoms with van der Waals surface area (Å²) >= 11 is 6.10. The van der Waals surface area contributed by atoms with Gasteiger partial charge in [0.15, 0.2) is 0 Å². The third kappa shape index (κ3) is 4.06. The van der Waals surface area contributed by atoms with Crippen molar-refractivity contribution < 1.29 is 9.90 Å². The summed E-state index contributed by atoms with van der Waals surface area (Å²) in [4.78, 5) is 15.1. The normalized spacial score (nSPS) is 20.2. The fourth-order valence-corrected chi connectivity index (χ4v) is 4.48. The lowest BCUT2D eigenvalue weighted by Crippen LogP contribution is -2.42. The number of rotatable bonds is 3. The molecule has 2 aromatic carbocycles. The Bertz CT molecular complexity index is 831. The molecule has 0 radical (unpaired) electrons. The molecule has 2 aromatic rings. The van der Waals surface area contributed by atoms with Crippen LogP contribution in [0.15, 0.2) is 42.5 Å². The number of nitrogens with one attached hydrogen (secondary N) is 1. The molecule has 1 unspecified atom stereocenters. The van der Waals surface area contributed by atoms with Crippen molar-refractivity contribution in [1.82, 2.24) is 5.32 Å². The highest BCUT2D eigenvalue weighted by molar-refractivity contribution is 6.30. The minimum Gasteiger partial charge on any atom is -0.508 e. The van der Waals surface area contributed by atoms with Gasteiger partial charge < -0.3 is 15.3 Å². The van der Waals surface area contributed by atoms with Gasteiger partial charge in [-0.25, -0.2) is 0 Å². The Kier molecular flexibility index (Phi) is 5.26. The van der Waals surface area contributed by atoms with Crippen LogP contribution in [0.4, 0.5) is 5.69 Å². The predicted octanol–water partition coefficient (Wildman–Crippen LogP) is 4.46. The fraction of sp³-hybridized carbons (Fsp3) is 0.409. The minimum atomic E-state index is 0.0132. The van der Waals surface area contributed by atoms with E-state index in [0.29, 0.717) is 0 Å². The first-order valence-electron chi connectivity index (χ1n) is 9.73. The molecule has 0 spiro atoms.